The first-order valence-electron chi connectivity index (χ1n) is 5.78. The van der Waals surface area contributed by atoms with Gasteiger partial charge in [0.05, 0.1) is 20.1 Å². The monoisotopic (exact) mass is 236 g/mol. The van der Waals surface area contributed by atoms with Gasteiger partial charge in [0.1, 0.15) is 5.75 Å². The van der Waals surface area contributed by atoms with E-state index in [2.05, 4.69) is 0 Å². The van der Waals surface area contributed by atoms with E-state index >= 15 is 0 Å². The lowest BCUT2D eigenvalue weighted by Crippen LogP contribution is -2.15. The molecule has 0 spiro atoms. The maximum absolute atomic E-state index is 11.7. The highest BCUT2D eigenvalue weighted by molar-refractivity contribution is 5.78. The second-order valence-electron chi connectivity index (χ2n) is 4.16. The van der Waals surface area contributed by atoms with Gasteiger partial charge in [-0.15, -0.1) is 0 Å². The zero-order valence-electron chi connectivity index (χ0n) is 11.2. The van der Waals surface area contributed by atoms with Gasteiger partial charge in [-0.1, -0.05) is 13.0 Å². The van der Waals surface area contributed by atoms with E-state index in [1.165, 1.54) is 7.11 Å². The number of ether oxygens (including phenoxy) is 2. The van der Waals surface area contributed by atoms with Gasteiger partial charge in [-0.3, -0.25) is 4.79 Å². The van der Waals surface area contributed by atoms with Crippen LogP contribution < -0.4 is 4.74 Å². The maximum Gasteiger partial charge on any atom is 0.313 e. The van der Waals surface area contributed by atoms with E-state index in [-0.39, 0.29) is 11.9 Å². The minimum atomic E-state index is -0.190. The van der Waals surface area contributed by atoms with E-state index in [4.69, 9.17) is 9.47 Å². The van der Waals surface area contributed by atoms with Crippen molar-refractivity contribution in [3.8, 4) is 5.75 Å². The van der Waals surface area contributed by atoms with E-state index < -0.39 is 0 Å². The molecule has 0 saturated heterocycles. The number of esters is 1. The number of carbonyl (C=O) groups is 1. The molecule has 0 amide bonds. The Kier molecular flexibility index (Phi) is 4.55. The molecule has 0 fully saturated rings. The van der Waals surface area contributed by atoms with Crippen LogP contribution in [0.3, 0.4) is 0 Å². The van der Waals surface area contributed by atoms with E-state index in [1.807, 2.05) is 32.9 Å². The average Bonchev–Trinajstić information content (AvgIpc) is 2.33. The Hall–Kier alpha value is -1.51. The van der Waals surface area contributed by atoms with Crippen molar-refractivity contribution >= 4 is 5.97 Å². The number of hydrogen-bond donors (Lipinski definition) is 0. The summed E-state index contributed by atoms with van der Waals surface area (Å²) in [6, 6.07) is 3.98. The number of aryl methyl sites for hydroxylation is 2. The molecule has 3 nitrogen and oxygen atoms in total. The first kappa shape index (κ1) is 13.6. The van der Waals surface area contributed by atoms with Crippen LogP contribution in [0.1, 0.15) is 36.0 Å². The highest BCUT2D eigenvalue weighted by atomic mass is 16.5. The Balaban J connectivity index is 3.21. The van der Waals surface area contributed by atoms with Crippen LogP contribution in [-0.4, -0.2) is 20.2 Å². The second kappa shape index (κ2) is 5.71. The van der Waals surface area contributed by atoms with Crippen LogP contribution in [0.25, 0.3) is 0 Å². The number of methoxy groups -OCH3 is 2. The normalized spacial score (nSPS) is 12.1. The van der Waals surface area contributed by atoms with E-state index in [0.717, 1.165) is 28.9 Å². The van der Waals surface area contributed by atoms with Gasteiger partial charge in [-0.2, -0.15) is 0 Å². The van der Waals surface area contributed by atoms with E-state index in [0.29, 0.717) is 0 Å². The standard InChI is InChI=1S/C14H20O3/c1-6-11(14(15)17-5)12-7-10(3)13(16-4)8-9(12)2/h7-8,11H,6H2,1-5H3. The molecule has 0 aliphatic rings. The van der Waals surface area contributed by atoms with E-state index in [9.17, 15) is 4.79 Å². The number of rotatable bonds is 4. The van der Waals surface area contributed by atoms with Crippen molar-refractivity contribution in [2.24, 2.45) is 0 Å². The number of hydrogen-bond acceptors (Lipinski definition) is 3. The van der Waals surface area contributed by atoms with Crippen LogP contribution in [-0.2, 0) is 9.53 Å². The van der Waals surface area contributed by atoms with Crippen LogP contribution in [0.2, 0.25) is 0 Å². The molecule has 0 aliphatic carbocycles. The number of carbonyl (C=O) groups excluding carboxylic acids is 1. The lowest BCUT2D eigenvalue weighted by atomic mass is 9.91. The van der Waals surface area contributed by atoms with Gasteiger partial charge in [0.15, 0.2) is 0 Å². The summed E-state index contributed by atoms with van der Waals surface area (Å²) in [4.78, 5) is 11.7. The zero-order chi connectivity index (χ0) is 13.0. The minimum absolute atomic E-state index is 0.180. The fourth-order valence-corrected chi connectivity index (χ4v) is 2.06. The van der Waals surface area contributed by atoms with Gasteiger partial charge in [-0.05, 0) is 43.0 Å². The first-order valence-corrected chi connectivity index (χ1v) is 5.78. The quantitative estimate of drug-likeness (QED) is 0.754. The summed E-state index contributed by atoms with van der Waals surface area (Å²) in [5.41, 5.74) is 3.12. The van der Waals surface area contributed by atoms with Gasteiger partial charge in [0, 0.05) is 0 Å². The second-order valence-corrected chi connectivity index (χ2v) is 4.16. The molecule has 94 valence electrons. The van der Waals surface area contributed by atoms with Crippen molar-refractivity contribution in [1.29, 1.82) is 0 Å². The highest BCUT2D eigenvalue weighted by Gasteiger charge is 2.22. The van der Waals surface area contributed by atoms with Crippen molar-refractivity contribution in [3.63, 3.8) is 0 Å². The molecule has 0 N–H and O–H groups in total. The van der Waals surface area contributed by atoms with Crippen LogP contribution in [0.4, 0.5) is 0 Å². The molecular formula is C14H20O3. The van der Waals surface area contributed by atoms with Crippen LogP contribution in [0.15, 0.2) is 12.1 Å². The maximum atomic E-state index is 11.7. The lowest BCUT2D eigenvalue weighted by molar-refractivity contribution is -0.142. The molecule has 1 rings (SSSR count). The molecule has 0 saturated carbocycles. The molecule has 3 heteroatoms. The largest absolute Gasteiger partial charge is 0.496 e. The van der Waals surface area contributed by atoms with Gasteiger partial charge in [0.25, 0.3) is 0 Å². The van der Waals surface area contributed by atoms with Crippen LogP contribution >= 0.6 is 0 Å². The smallest absolute Gasteiger partial charge is 0.313 e. The summed E-state index contributed by atoms with van der Waals surface area (Å²) in [6.07, 6.45) is 0.735. The molecule has 1 atom stereocenters. The fraction of sp³-hybridized carbons (Fsp3) is 0.500. The molecular weight excluding hydrogens is 216 g/mol. The fourth-order valence-electron chi connectivity index (χ4n) is 2.06. The van der Waals surface area contributed by atoms with Crippen LogP contribution in [0.5, 0.6) is 5.75 Å². The van der Waals surface area contributed by atoms with Gasteiger partial charge < -0.3 is 9.47 Å². The summed E-state index contributed by atoms with van der Waals surface area (Å²) in [5.74, 6) is 0.482. The summed E-state index contributed by atoms with van der Waals surface area (Å²) >= 11 is 0. The number of benzene rings is 1. The third-order valence-electron chi connectivity index (χ3n) is 3.05. The average molecular weight is 236 g/mol. The van der Waals surface area contributed by atoms with Crippen LogP contribution in [0, 0.1) is 13.8 Å². The van der Waals surface area contributed by atoms with Gasteiger partial charge >= 0.3 is 5.97 Å². The Morgan fingerprint density at radius 2 is 1.88 bits per heavy atom. The summed E-state index contributed by atoms with van der Waals surface area (Å²) in [6.45, 7) is 5.95. The van der Waals surface area contributed by atoms with Crippen molar-refractivity contribution < 1.29 is 14.3 Å². The predicted octanol–water partition coefficient (Wildman–Crippen LogP) is 2.98. The SMILES string of the molecule is CCC(C(=O)OC)c1cc(C)c(OC)cc1C. The molecule has 17 heavy (non-hydrogen) atoms. The summed E-state index contributed by atoms with van der Waals surface area (Å²) < 4.78 is 10.1. The summed E-state index contributed by atoms with van der Waals surface area (Å²) in [5, 5.41) is 0. The Morgan fingerprint density at radius 1 is 1.24 bits per heavy atom. The molecule has 1 unspecified atom stereocenters. The third kappa shape index (κ3) is 2.78. The molecule has 0 aromatic heterocycles. The summed E-state index contributed by atoms with van der Waals surface area (Å²) in [7, 11) is 3.08. The van der Waals surface area contributed by atoms with Crippen molar-refractivity contribution in [1.82, 2.24) is 0 Å². The van der Waals surface area contributed by atoms with Gasteiger partial charge in [0.2, 0.25) is 0 Å². The molecule has 0 bridgehead atoms. The first-order chi connectivity index (χ1) is 8.04. The highest BCUT2D eigenvalue weighted by Crippen LogP contribution is 2.30. The zero-order valence-corrected chi connectivity index (χ0v) is 11.2. The molecule has 0 aliphatic heterocycles. The molecule has 0 radical (unpaired) electrons. The van der Waals surface area contributed by atoms with Gasteiger partial charge in [-0.25, -0.2) is 0 Å². The van der Waals surface area contributed by atoms with Crippen molar-refractivity contribution in [2.75, 3.05) is 14.2 Å². The molecule has 1 aromatic rings. The molecule has 1 aromatic carbocycles. The van der Waals surface area contributed by atoms with E-state index in [1.54, 1.807) is 7.11 Å². The minimum Gasteiger partial charge on any atom is -0.496 e. The topological polar surface area (TPSA) is 35.5 Å². The van der Waals surface area contributed by atoms with Crippen molar-refractivity contribution in [3.05, 3.63) is 28.8 Å². The Morgan fingerprint density at radius 3 is 2.35 bits per heavy atom. The Labute approximate surface area is 103 Å². The lowest BCUT2D eigenvalue weighted by Gasteiger charge is -2.17. The molecule has 0 heterocycles. The predicted molar refractivity (Wildman–Crippen MR) is 67.5 cm³/mol. The van der Waals surface area contributed by atoms with Crippen molar-refractivity contribution in [2.45, 2.75) is 33.1 Å². The Bertz CT molecular complexity index is 410. The third-order valence-corrected chi connectivity index (χ3v) is 3.05.